The molecule has 0 aromatic carbocycles. The van der Waals surface area contributed by atoms with Crippen LogP contribution in [0.3, 0.4) is 0 Å². The highest BCUT2D eigenvalue weighted by molar-refractivity contribution is 5.46. The first-order chi connectivity index (χ1) is 9.21. The van der Waals surface area contributed by atoms with Crippen LogP contribution in [0.1, 0.15) is 24.5 Å². The summed E-state index contributed by atoms with van der Waals surface area (Å²) in [5.41, 5.74) is 2.52. The molecule has 102 valence electrons. The molecular formula is C11H17N7O. The lowest BCUT2D eigenvalue weighted by atomic mass is 10.4. The molecule has 2 rings (SSSR count). The Morgan fingerprint density at radius 1 is 1.21 bits per heavy atom. The maximum Gasteiger partial charge on any atom is 0.223 e. The highest BCUT2D eigenvalue weighted by Gasteiger charge is 2.04. The maximum absolute atomic E-state index is 5.36. The van der Waals surface area contributed by atoms with Gasteiger partial charge in [0, 0.05) is 32.4 Å². The number of nitrogens with zero attached hydrogens (tertiary/aromatic N) is 4. The van der Waals surface area contributed by atoms with Crippen molar-refractivity contribution in [3.63, 3.8) is 0 Å². The van der Waals surface area contributed by atoms with Gasteiger partial charge >= 0.3 is 0 Å². The zero-order chi connectivity index (χ0) is 13.7. The Hall–Kier alpha value is -2.22. The second kappa shape index (κ2) is 6.10. The molecule has 0 aliphatic carbocycles. The number of anilines is 2. The van der Waals surface area contributed by atoms with Crippen molar-refractivity contribution in [3.05, 3.63) is 23.6 Å². The molecule has 0 unspecified atom stereocenters. The van der Waals surface area contributed by atoms with Gasteiger partial charge in [0.1, 0.15) is 17.5 Å². The van der Waals surface area contributed by atoms with E-state index in [4.69, 9.17) is 10.4 Å². The van der Waals surface area contributed by atoms with Crippen LogP contribution in [0.25, 0.3) is 0 Å². The number of nitrogen functional groups attached to an aromatic ring is 1. The van der Waals surface area contributed by atoms with Gasteiger partial charge in [-0.25, -0.2) is 15.8 Å². The predicted octanol–water partition coefficient (Wildman–Crippen LogP) is 0.671. The second-order valence-corrected chi connectivity index (χ2v) is 3.96. The van der Waals surface area contributed by atoms with Crippen LogP contribution in [0.4, 0.5) is 11.6 Å². The molecule has 0 fully saturated rings. The summed E-state index contributed by atoms with van der Waals surface area (Å²) in [6.07, 6.45) is 1.41. The molecule has 2 aromatic rings. The smallest absolute Gasteiger partial charge is 0.223 e. The van der Waals surface area contributed by atoms with Crippen molar-refractivity contribution in [3.8, 4) is 0 Å². The molecule has 0 radical (unpaired) electrons. The molecule has 2 heterocycles. The van der Waals surface area contributed by atoms with Gasteiger partial charge in [-0.3, -0.25) is 0 Å². The molecule has 8 nitrogen and oxygen atoms in total. The first kappa shape index (κ1) is 13.2. The van der Waals surface area contributed by atoms with E-state index < -0.39 is 0 Å². The summed E-state index contributed by atoms with van der Waals surface area (Å²) in [6.45, 7) is 4.41. The van der Waals surface area contributed by atoms with Crippen molar-refractivity contribution < 1.29 is 4.52 Å². The number of rotatable bonds is 6. The lowest BCUT2D eigenvalue weighted by Gasteiger charge is -2.08. The number of hydrogen-bond donors (Lipinski definition) is 3. The standard InChI is InChI=1S/C11H17N7O/c1-3-8-15-10(6-11(16-8)17-12)13-5-4-9-14-7(2)19-18-9/h6H,3-5,12H2,1-2H3,(H2,13,15,16,17). The summed E-state index contributed by atoms with van der Waals surface area (Å²) in [7, 11) is 0. The quantitative estimate of drug-likeness (QED) is 0.514. The Morgan fingerprint density at radius 3 is 2.63 bits per heavy atom. The molecular weight excluding hydrogens is 246 g/mol. The van der Waals surface area contributed by atoms with Crippen LogP contribution in [-0.2, 0) is 12.8 Å². The molecule has 0 aliphatic rings. The van der Waals surface area contributed by atoms with E-state index in [0.29, 0.717) is 30.5 Å². The first-order valence-electron chi connectivity index (χ1n) is 6.09. The minimum absolute atomic E-state index is 0.569. The van der Waals surface area contributed by atoms with Gasteiger partial charge in [-0.1, -0.05) is 12.1 Å². The van der Waals surface area contributed by atoms with E-state index >= 15 is 0 Å². The third-order valence-electron chi connectivity index (χ3n) is 2.46. The maximum atomic E-state index is 5.36. The fourth-order valence-corrected chi connectivity index (χ4v) is 1.56. The summed E-state index contributed by atoms with van der Waals surface area (Å²) < 4.78 is 4.90. The van der Waals surface area contributed by atoms with Crippen LogP contribution in [0.5, 0.6) is 0 Å². The number of aryl methyl sites for hydroxylation is 2. The molecule has 2 aromatic heterocycles. The minimum Gasteiger partial charge on any atom is -0.369 e. The molecule has 0 spiro atoms. The molecule has 0 amide bonds. The van der Waals surface area contributed by atoms with Crippen molar-refractivity contribution in [2.24, 2.45) is 5.84 Å². The molecule has 8 heteroatoms. The molecule has 0 saturated heterocycles. The Balaban J connectivity index is 1.95. The highest BCUT2D eigenvalue weighted by Crippen LogP contribution is 2.10. The summed E-state index contributed by atoms with van der Waals surface area (Å²) in [5.74, 6) is 8.65. The summed E-state index contributed by atoms with van der Waals surface area (Å²) in [4.78, 5) is 12.7. The van der Waals surface area contributed by atoms with Gasteiger partial charge in [-0.2, -0.15) is 4.98 Å². The Morgan fingerprint density at radius 2 is 2.00 bits per heavy atom. The molecule has 0 bridgehead atoms. The van der Waals surface area contributed by atoms with Crippen molar-refractivity contribution in [2.75, 3.05) is 17.3 Å². The van der Waals surface area contributed by atoms with E-state index in [9.17, 15) is 0 Å². The van der Waals surface area contributed by atoms with Crippen LogP contribution in [0.15, 0.2) is 10.6 Å². The van der Waals surface area contributed by atoms with Crippen molar-refractivity contribution >= 4 is 11.6 Å². The van der Waals surface area contributed by atoms with Gasteiger partial charge in [-0.15, -0.1) is 0 Å². The van der Waals surface area contributed by atoms with Crippen LogP contribution < -0.4 is 16.6 Å². The van der Waals surface area contributed by atoms with Crippen LogP contribution in [0.2, 0.25) is 0 Å². The molecule has 0 aliphatic heterocycles. The van der Waals surface area contributed by atoms with Gasteiger partial charge in [0.25, 0.3) is 0 Å². The van der Waals surface area contributed by atoms with Crippen LogP contribution >= 0.6 is 0 Å². The Bertz CT molecular complexity index is 517. The molecule has 0 atom stereocenters. The summed E-state index contributed by atoms with van der Waals surface area (Å²) >= 11 is 0. The summed E-state index contributed by atoms with van der Waals surface area (Å²) in [6, 6.07) is 1.75. The van der Waals surface area contributed by atoms with Gasteiger partial charge in [0.05, 0.1) is 0 Å². The van der Waals surface area contributed by atoms with Crippen LogP contribution in [0, 0.1) is 6.92 Å². The number of nitrogens with two attached hydrogens (primary N) is 1. The van der Waals surface area contributed by atoms with Crippen LogP contribution in [-0.4, -0.2) is 26.7 Å². The third-order valence-corrected chi connectivity index (χ3v) is 2.46. The zero-order valence-electron chi connectivity index (χ0n) is 11.0. The summed E-state index contributed by atoms with van der Waals surface area (Å²) in [5, 5.41) is 7.01. The van der Waals surface area contributed by atoms with Gasteiger partial charge in [0.2, 0.25) is 5.89 Å². The van der Waals surface area contributed by atoms with Crippen molar-refractivity contribution in [1.29, 1.82) is 0 Å². The average Bonchev–Trinajstić information content (AvgIpc) is 2.84. The van der Waals surface area contributed by atoms with E-state index in [1.54, 1.807) is 13.0 Å². The largest absolute Gasteiger partial charge is 0.369 e. The number of hydrogen-bond acceptors (Lipinski definition) is 8. The fraction of sp³-hybridized carbons (Fsp3) is 0.455. The minimum atomic E-state index is 0.569. The van der Waals surface area contributed by atoms with Gasteiger partial charge in [0.15, 0.2) is 5.82 Å². The zero-order valence-corrected chi connectivity index (χ0v) is 11.0. The average molecular weight is 263 g/mol. The Labute approximate surface area is 110 Å². The SMILES string of the molecule is CCc1nc(NN)cc(NCCc2noc(C)n2)n1. The molecule has 0 saturated carbocycles. The Kier molecular flexibility index (Phi) is 4.24. The number of nitrogens with one attached hydrogen (secondary N) is 2. The second-order valence-electron chi connectivity index (χ2n) is 3.96. The van der Waals surface area contributed by atoms with E-state index in [0.717, 1.165) is 18.1 Å². The monoisotopic (exact) mass is 263 g/mol. The molecule has 4 N–H and O–H groups in total. The number of aromatic nitrogens is 4. The lowest BCUT2D eigenvalue weighted by Crippen LogP contribution is -2.13. The van der Waals surface area contributed by atoms with E-state index in [1.807, 2.05) is 6.92 Å². The van der Waals surface area contributed by atoms with Crippen molar-refractivity contribution in [2.45, 2.75) is 26.7 Å². The lowest BCUT2D eigenvalue weighted by molar-refractivity contribution is 0.387. The van der Waals surface area contributed by atoms with Gasteiger partial charge in [-0.05, 0) is 0 Å². The van der Waals surface area contributed by atoms with E-state index in [-0.39, 0.29) is 0 Å². The van der Waals surface area contributed by atoms with E-state index in [2.05, 4.69) is 30.9 Å². The normalized spacial score (nSPS) is 10.5. The molecule has 19 heavy (non-hydrogen) atoms. The predicted molar refractivity (Wildman–Crippen MR) is 70.4 cm³/mol. The van der Waals surface area contributed by atoms with Gasteiger partial charge < -0.3 is 15.3 Å². The van der Waals surface area contributed by atoms with E-state index in [1.165, 1.54) is 0 Å². The number of hydrazine groups is 1. The van der Waals surface area contributed by atoms with Crippen molar-refractivity contribution in [1.82, 2.24) is 20.1 Å². The first-order valence-corrected chi connectivity index (χ1v) is 6.09. The topological polar surface area (TPSA) is 115 Å². The fourth-order valence-electron chi connectivity index (χ4n) is 1.56. The highest BCUT2D eigenvalue weighted by atomic mass is 16.5. The third kappa shape index (κ3) is 3.62.